The van der Waals surface area contributed by atoms with E-state index in [2.05, 4.69) is 25.2 Å². The van der Waals surface area contributed by atoms with Gasteiger partial charge in [0, 0.05) is 30.4 Å². The van der Waals surface area contributed by atoms with Crippen molar-refractivity contribution in [3.05, 3.63) is 27.8 Å². The number of thiazole rings is 1. The molecule has 3 heterocycles. The van der Waals surface area contributed by atoms with E-state index in [1.165, 1.54) is 0 Å². The first-order valence-corrected chi connectivity index (χ1v) is 10.1. The van der Waals surface area contributed by atoms with E-state index in [-0.39, 0.29) is 22.9 Å². The molecular formula is C18H24FN5O4S. The van der Waals surface area contributed by atoms with Crippen molar-refractivity contribution in [2.75, 3.05) is 25.1 Å². The molecule has 1 fully saturated rings. The highest BCUT2D eigenvalue weighted by atomic mass is 32.1. The van der Waals surface area contributed by atoms with E-state index < -0.39 is 5.97 Å². The number of aromatic amines is 1. The van der Waals surface area contributed by atoms with E-state index in [1.807, 2.05) is 18.7 Å². The number of nitrogens with one attached hydrogen (secondary N) is 2. The van der Waals surface area contributed by atoms with Crippen LogP contribution < -0.4 is 10.2 Å². The molecule has 0 aromatic carbocycles. The summed E-state index contributed by atoms with van der Waals surface area (Å²) in [7, 11) is 1.58. The van der Waals surface area contributed by atoms with Gasteiger partial charge in [-0.2, -0.15) is 0 Å². The summed E-state index contributed by atoms with van der Waals surface area (Å²) in [4.78, 5) is 41.2. The van der Waals surface area contributed by atoms with Crippen molar-refractivity contribution in [2.24, 2.45) is 0 Å². The smallest absolute Gasteiger partial charge is 0.377 e. The molecule has 0 spiro atoms. The normalized spacial score (nSPS) is 19.3. The Kier molecular flexibility index (Phi) is 6.48. The minimum Gasteiger partial charge on any atom is -0.377 e. The van der Waals surface area contributed by atoms with Crippen LogP contribution >= 0.6 is 11.3 Å². The summed E-state index contributed by atoms with van der Waals surface area (Å²) < 4.78 is 17.8. The Balaban J connectivity index is 1.68. The molecule has 1 aliphatic heterocycles. The Labute approximate surface area is 171 Å². The van der Waals surface area contributed by atoms with Crippen LogP contribution in [0, 0.1) is 13.8 Å². The second-order valence-electron chi connectivity index (χ2n) is 6.88. The molecule has 0 unspecified atom stereocenters. The molecule has 0 aliphatic carbocycles. The number of ether oxygens (including phenoxy) is 1. The van der Waals surface area contributed by atoms with Crippen molar-refractivity contribution in [3.63, 3.8) is 0 Å². The van der Waals surface area contributed by atoms with Crippen molar-refractivity contribution < 1.29 is 23.8 Å². The first-order chi connectivity index (χ1) is 13.9. The summed E-state index contributed by atoms with van der Waals surface area (Å²) in [6.45, 7) is 6.57. The van der Waals surface area contributed by atoms with Gasteiger partial charge in [0.15, 0.2) is 11.0 Å². The molecule has 3 rings (SSSR count). The number of amides is 1. The average molecular weight is 425 g/mol. The minimum atomic E-state index is -1.04. The lowest BCUT2D eigenvalue weighted by Gasteiger charge is -2.37. The van der Waals surface area contributed by atoms with Crippen molar-refractivity contribution in [2.45, 2.75) is 45.8 Å². The van der Waals surface area contributed by atoms with E-state index in [4.69, 9.17) is 4.74 Å². The largest absolute Gasteiger partial charge is 0.391 e. The van der Waals surface area contributed by atoms with Gasteiger partial charge in [-0.1, -0.05) is 18.3 Å². The predicted octanol–water partition coefficient (Wildman–Crippen LogP) is 2.11. The van der Waals surface area contributed by atoms with Crippen LogP contribution in [-0.2, 0) is 16.1 Å². The fourth-order valence-corrected chi connectivity index (χ4v) is 4.39. The number of aromatic nitrogens is 3. The highest BCUT2D eigenvalue weighted by molar-refractivity contribution is 7.17. The molecule has 2 aromatic rings. The number of carbonyl (C=O) groups excluding carboxylic acids is 2. The number of anilines is 1. The highest BCUT2D eigenvalue weighted by Crippen LogP contribution is 2.29. The minimum absolute atomic E-state index is 0.131. The standard InChI is InChI=1S/C18H24FN5O4S/c1-5-11-9(2)20-15(22-11)16(25)23-12-6-7-24(8-13(12)27-4)18-21-10(3)14(29-18)17(26)28-19/h12-13H,5-8H2,1-4H3,(H,20,22)(H,23,25)/t12-,13+/m1/s1. The van der Waals surface area contributed by atoms with Crippen LogP contribution in [0.3, 0.4) is 0 Å². The second-order valence-corrected chi connectivity index (χ2v) is 7.85. The van der Waals surface area contributed by atoms with Gasteiger partial charge in [-0.15, -0.1) is 0 Å². The number of nitrogens with zero attached hydrogens (tertiary/aromatic N) is 3. The fourth-order valence-electron chi connectivity index (χ4n) is 3.42. The number of carbonyl (C=O) groups is 2. The summed E-state index contributed by atoms with van der Waals surface area (Å²) in [5.41, 5.74) is 2.17. The van der Waals surface area contributed by atoms with Crippen molar-refractivity contribution in [1.82, 2.24) is 20.3 Å². The first kappa shape index (κ1) is 21.2. The molecule has 1 amide bonds. The maximum absolute atomic E-state index is 12.6. The third-order valence-corrected chi connectivity index (χ3v) is 6.22. The van der Waals surface area contributed by atoms with Crippen molar-refractivity contribution >= 4 is 28.3 Å². The highest BCUT2D eigenvalue weighted by Gasteiger charge is 2.33. The van der Waals surface area contributed by atoms with E-state index >= 15 is 0 Å². The molecule has 11 heteroatoms. The number of hydrogen-bond acceptors (Lipinski definition) is 8. The molecule has 2 N–H and O–H groups in total. The summed E-state index contributed by atoms with van der Waals surface area (Å²) in [6.07, 6.45) is 1.08. The first-order valence-electron chi connectivity index (χ1n) is 9.32. The van der Waals surface area contributed by atoms with E-state index in [0.717, 1.165) is 29.1 Å². The molecule has 0 bridgehead atoms. The third kappa shape index (κ3) is 4.40. The summed E-state index contributed by atoms with van der Waals surface area (Å²) in [5, 5.41) is 3.58. The number of imidazole rings is 1. The Bertz CT molecular complexity index is 899. The van der Waals surface area contributed by atoms with Crippen LogP contribution in [0.15, 0.2) is 0 Å². The molecule has 1 saturated heterocycles. The van der Waals surface area contributed by atoms with Gasteiger partial charge in [-0.25, -0.2) is 19.7 Å². The molecule has 0 saturated carbocycles. The lowest BCUT2D eigenvalue weighted by molar-refractivity contribution is -0.0784. The molecular weight excluding hydrogens is 401 g/mol. The Morgan fingerprint density at radius 1 is 1.38 bits per heavy atom. The maximum Gasteiger partial charge on any atom is 0.391 e. The van der Waals surface area contributed by atoms with Crippen molar-refractivity contribution in [1.29, 1.82) is 0 Å². The summed E-state index contributed by atoms with van der Waals surface area (Å²) >= 11 is 1.07. The Hall–Kier alpha value is -2.53. The van der Waals surface area contributed by atoms with Gasteiger partial charge in [-0.05, 0) is 26.7 Å². The van der Waals surface area contributed by atoms with Gasteiger partial charge >= 0.3 is 5.97 Å². The van der Waals surface area contributed by atoms with Gasteiger partial charge in [-0.3, -0.25) is 4.79 Å². The zero-order chi connectivity index (χ0) is 21.1. The number of aryl methyl sites for hydroxylation is 3. The van der Waals surface area contributed by atoms with Crippen LogP contribution in [0.4, 0.5) is 9.66 Å². The monoisotopic (exact) mass is 425 g/mol. The van der Waals surface area contributed by atoms with E-state index in [1.54, 1.807) is 14.0 Å². The summed E-state index contributed by atoms with van der Waals surface area (Å²) in [6, 6.07) is -0.199. The molecule has 0 radical (unpaired) electrons. The van der Waals surface area contributed by atoms with Gasteiger partial charge < -0.3 is 19.9 Å². The number of methoxy groups -OCH3 is 1. The number of halogens is 1. The topological polar surface area (TPSA) is 109 Å². The SMILES string of the molecule is CCc1nc(C(=O)N[C@@H]2CCN(c3nc(C)c(C(=O)OF)s3)C[C@@H]2OC)[nH]c1C. The molecule has 9 nitrogen and oxygen atoms in total. The van der Waals surface area contributed by atoms with Gasteiger partial charge in [0.2, 0.25) is 0 Å². The predicted molar refractivity (Wildman–Crippen MR) is 105 cm³/mol. The number of H-pyrrole nitrogens is 1. The third-order valence-electron chi connectivity index (χ3n) is 5.03. The second kappa shape index (κ2) is 8.87. The molecule has 2 atom stereocenters. The molecule has 1 aliphatic rings. The van der Waals surface area contributed by atoms with Gasteiger partial charge in [0.25, 0.3) is 5.91 Å². The Morgan fingerprint density at radius 2 is 2.14 bits per heavy atom. The van der Waals surface area contributed by atoms with Crippen LogP contribution in [0.5, 0.6) is 0 Å². The van der Waals surface area contributed by atoms with Gasteiger partial charge in [0.1, 0.15) is 4.88 Å². The summed E-state index contributed by atoms with van der Waals surface area (Å²) in [5.74, 6) is -1.02. The van der Waals surface area contributed by atoms with Crippen LogP contribution in [0.1, 0.15) is 50.7 Å². The quantitative estimate of drug-likeness (QED) is 0.729. The maximum atomic E-state index is 12.6. The lowest BCUT2D eigenvalue weighted by Crippen LogP contribution is -2.55. The lowest BCUT2D eigenvalue weighted by atomic mass is 10.0. The fraction of sp³-hybridized carbons (Fsp3) is 0.556. The van der Waals surface area contributed by atoms with Crippen LogP contribution in [0.25, 0.3) is 0 Å². The Morgan fingerprint density at radius 3 is 2.76 bits per heavy atom. The molecule has 158 valence electrons. The van der Waals surface area contributed by atoms with E-state index in [0.29, 0.717) is 36.2 Å². The van der Waals surface area contributed by atoms with Crippen LogP contribution in [-0.4, -0.2) is 59.2 Å². The zero-order valence-electron chi connectivity index (χ0n) is 16.7. The molecule has 29 heavy (non-hydrogen) atoms. The zero-order valence-corrected chi connectivity index (χ0v) is 17.6. The average Bonchev–Trinajstić information content (AvgIpc) is 3.30. The van der Waals surface area contributed by atoms with Crippen molar-refractivity contribution in [3.8, 4) is 0 Å². The van der Waals surface area contributed by atoms with Crippen LogP contribution in [0.2, 0.25) is 0 Å². The number of hydrogen-bond donors (Lipinski definition) is 2. The van der Waals surface area contributed by atoms with Gasteiger partial charge in [0.05, 0.1) is 23.5 Å². The molecule has 2 aromatic heterocycles. The number of rotatable bonds is 6. The number of piperidine rings is 1. The van der Waals surface area contributed by atoms with E-state index in [9.17, 15) is 14.1 Å².